The number of aryl methyl sites for hydroxylation is 1. The molecule has 1 fully saturated rings. The van der Waals surface area contributed by atoms with Crippen molar-refractivity contribution in [2.45, 2.75) is 19.9 Å². The number of carbonyl (C=O) groups excluding carboxylic acids is 3. The second-order valence-corrected chi connectivity index (χ2v) is 8.82. The van der Waals surface area contributed by atoms with Crippen molar-refractivity contribution >= 4 is 55.6 Å². The second kappa shape index (κ2) is 8.16. The highest BCUT2D eigenvalue weighted by atomic mass is 79.9. The predicted octanol–water partition coefficient (Wildman–Crippen LogP) is 4.44. The third-order valence-corrected chi connectivity index (χ3v) is 6.62. The Hall–Kier alpha value is -3.17. The Morgan fingerprint density at radius 1 is 1.19 bits per heavy atom. The molecule has 7 nitrogen and oxygen atoms in total. The summed E-state index contributed by atoms with van der Waals surface area (Å²) < 4.78 is 0.749. The lowest BCUT2D eigenvalue weighted by Gasteiger charge is -2.23. The standard InChI is InChI=1S/C22H16BrN3O4S/c1-11-20(12(2)27)31-22(25-11)26-17(14-4-3-5-15(23)10-14)16(19(29)21(26)30)18(28)13-6-8-24-9-7-13/h3-10,17,28H,1-2H3/b18-16+. The van der Waals surface area contributed by atoms with Gasteiger partial charge in [-0.05, 0) is 36.8 Å². The van der Waals surface area contributed by atoms with Gasteiger partial charge >= 0.3 is 5.91 Å². The van der Waals surface area contributed by atoms with Gasteiger partial charge in [0.15, 0.2) is 10.9 Å². The van der Waals surface area contributed by atoms with E-state index in [9.17, 15) is 19.5 Å². The summed E-state index contributed by atoms with van der Waals surface area (Å²) in [6, 6.07) is 9.34. The Morgan fingerprint density at radius 3 is 2.52 bits per heavy atom. The van der Waals surface area contributed by atoms with E-state index in [1.54, 1.807) is 37.3 Å². The molecule has 4 rings (SSSR count). The van der Waals surface area contributed by atoms with Crippen LogP contribution in [0.4, 0.5) is 5.13 Å². The number of carbonyl (C=O) groups is 3. The summed E-state index contributed by atoms with van der Waals surface area (Å²) in [5.74, 6) is -2.11. The molecule has 1 saturated heterocycles. The molecule has 1 aliphatic heterocycles. The van der Waals surface area contributed by atoms with E-state index < -0.39 is 17.7 Å². The van der Waals surface area contributed by atoms with Crippen LogP contribution in [-0.4, -0.2) is 32.5 Å². The summed E-state index contributed by atoms with van der Waals surface area (Å²) >= 11 is 4.47. The van der Waals surface area contributed by atoms with Crippen molar-refractivity contribution in [1.29, 1.82) is 0 Å². The SMILES string of the molecule is CC(=O)c1sc(N2C(=O)C(=O)/C(=C(/O)c3ccncc3)C2c2cccc(Br)c2)nc1C. The lowest BCUT2D eigenvalue weighted by Crippen LogP contribution is -2.29. The maximum absolute atomic E-state index is 13.1. The van der Waals surface area contributed by atoms with Gasteiger partial charge in [0.2, 0.25) is 0 Å². The largest absolute Gasteiger partial charge is 0.507 e. The molecule has 156 valence electrons. The second-order valence-electron chi connectivity index (χ2n) is 6.93. The van der Waals surface area contributed by atoms with Crippen LogP contribution in [0, 0.1) is 6.92 Å². The summed E-state index contributed by atoms with van der Waals surface area (Å²) in [4.78, 5) is 48.1. The van der Waals surface area contributed by atoms with E-state index in [2.05, 4.69) is 25.9 Å². The van der Waals surface area contributed by atoms with Crippen LogP contribution in [0.2, 0.25) is 0 Å². The molecular weight excluding hydrogens is 482 g/mol. The topological polar surface area (TPSA) is 100 Å². The zero-order chi connectivity index (χ0) is 22.3. The normalized spacial score (nSPS) is 17.9. The minimum Gasteiger partial charge on any atom is -0.507 e. The van der Waals surface area contributed by atoms with Gasteiger partial charge in [-0.25, -0.2) is 4.98 Å². The van der Waals surface area contributed by atoms with Crippen LogP contribution >= 0.6 is 27.3 Å². The molecular formula is C22H16BrN3O4S. The van der Waals surface area contributed by atoms with Gasteiger partial charge in [0.25, 0.3) is 5.78 Å². The van der Waals surface area contributed by atoms with Crippen molar-refractivity contribution in [1.82, 2.24) is 9.97 Å². The van der Waals surface area contributed by atoms with Crippen LogP contribution in [0.5, 0.6) is 0 Å². The molecule has 1 atom stereocenters. The number of benzene rings is 1. The Balaban J connectivity index is 1.96. The van der Waals surface area contributed by atoms with Gasteiger partial charge in [-0.3, -0.25) is 24.3 Å². The first kappa shape index (κ1) is 21.1. The lowest BCUT2D eigenvalue weighted by atomic mass is 9.96. The Morgan fingerprint density at radius 2 is 1.90 bits per heavy atom. The first-order valence-corrected chi connectivity index (χ1v) is 10.9. The molecule has 0 saturated carbocycles. The number of aromatic nitrogens is 2. The van der Waals surface area contributed by atoms with Gasteiger partial charge in [-0.15, -0.1) is 0 Å². The quantitative estimate of drug-likeness (QED) is 0.247. The molecule has 3 aromatic rings. The molecule has 1 unspecified atom stereocenters. The number of halogens is 1. The van der Waals surface area contributed by atoms with Crippen molar-refractivity contribution in [3.63, 3.8) is 0 Å². The van der Waals surface area contributed by atoms with E-state index >= 15 is 0 Å². The maximum Gasteiger partial charge on any atom is 0.301 e. The summed E-state index contributed by atoms with van der Waals surface area (Å²) in [7, 11) is 0. The van der Waals surface area contributed by atoms with E-state index in [0.717, 1.165) is 15.8 Å². The molecule has 0 aliphatic carbocycles. The van der Waals surface area contributed by atoms with Crippen LogP contribution in [0.1, 0.15) is 39.5 Å². The number of nitrogens with zero attached hydrogens (tertiary/aromatic N) is 3. The molecule has 0 bridgehead atoms. The Kier molecular flexibility index (Phi) is 5.55. The summed E-state index contributed by atoms with van der Waals surface area (Å²) in [5.41, 5.74) is 1.41. The molecule has 31 heavy (non-hydrogen) atoms. The van der Waals surface area contributed by atoms with Crippen LogP contribution in [-0.2, 0) is 9.59 Å². The number of rotatable bonds is 4. The third kappa shape index (κ3) is 3.70. The van der Waals surface area contributed by atoms with E-state index in [1.165, 1.54) is 24.2 Å². The number of thiazole rings is 1. The molecule has 1 N–H and O–H groups in total. The van der Waals surface area contributed by atoms with E-state index in [0.29, 0.717) is 21.7 Å². The lowest BCUT2D eigenvalue weighted by molar-refractivity contribution is -0.132. The minimum absolute atomic E-state index is 0.0495. The highest BCUT2D eigenvalue weighted by Gasteiger charge is 2.48. The van der Waals surface area contributed by atoms with Crippen molar-refractivity contribution in [2.75, 3.05) is 4.90 Å². The van der Waals surface area contributed by atoms with E-state index in [4.69, 9.17) is 0 Å². The molecule has 1 aliphatic rings. The fourth-order valence-corrected chi connectivity index (χ4v) is 4.90. The van der Waals surface area contributed by atoms with E-state index in [-0.39, 0.29) is 22.2 Å². The monoisotopic (exact) mass is 497 g/mol. The smallest absolute Gasteiger partial charge is 0.301 e. The zero-order valence-corrected chi connectivity index (χ0v) is 18.9. The number of pyridine rings is 1. The molecule has 1 amide bonds. The number of anilines is 1. The number of ketones is 2. The van der Waals surface area contributed by atoms with Crippen molar-refractivity contribution in [3.05, 3.63) is 80.5 Å². The van der Waals surface area contributed by atoms with Gasteiger partial charge in [0, 0.05) is 29.4 Å². The summed E-state index contributed by atoms with van der Waals surface area (Å²) in [6.07, 6.45) is 2.98. The molecule has 0 radical (unpaired) electrons. The predicted molar refractivity (Wildman–Crippen MR) is 120 cm³/mol. The summed E-state index contributed by atoms with van der Waals surface area (Å²) in [6.45, 7) is 3.10. The summed E-state index contributed by atoms with van der Waals surface area (Å²) in [5, 5.41) is 11.2. The van der Waals surface area contributed by atoms with Gasteiger partial charge in [0.1, 0.15) is 5.76 Å². The fourth-order valence-electron chi connectivity index (χ4n) is 3.50. The van der Waals surface area contributed by atoms with Crippen molar-refractivity contribution < 1.29 is 19.5 Å². The number of Topliss-reactive ketones (excluding diaryl/α,β-unsaturated/α-hetero) is 2. The molecule has 9 heteroatoms. The van der Waals surface area contributed by atoms with Gasteiger partial charge in [-0.1, -0.05) is 39.4 Å². The molecule has 1 aromatic carbocycles. The first-order chi connectivity index (χ1) is 14.8. The van der Waals surface area contributed by atoms with Crippen LogP contribution in [0.15, 0.2) is 58.8 Å². The van der Waals surface area contributed by atoms with E-state index in [1.807, 2.05) is 6.07 Å². The molecule has 0 spiro atoms. The minimum atomic E-state index is -0.906. The number of hydrogen-bond donors (Lipinski definition) is 1. The van der Waals surface area contributed by atoms with Gasteiger partial charge < -0.3 is 5.11 Å². The van der Waals surface area contributed by atoms with Crippen molar-refractivity contribution in [3.8, 4) is 0 Å². The van der Waals surface area contributed by atoms with Gasteiger partial charge in [-0.2, -0.15) is 0 Å². The van der Waals surface area contributed by atoms with Crippen LogP contribution in [0.3, 0.4) is 0 Å². The number of aliphatic hydroxyl groups excluding tert-OH is 1. The Labute approximate surface area is 190 Å². The number of amides is 1. The fraction of sp³-hybridized carbons (Fsp3) is 0.136. The van der Waals surface area contributed by atoms with Crippen molar-refractivity contribution in [2.24, 2.45) is 0 Å². The number of hydrogen-bond acceptors (Lipinski definition) is 7. The first-order valence-electron chi connectivity index (χ1n) is 9.24. The average molecular weight is 498 g/mol. The third-order valence-electron chi connectivity index (χ3n) is 4.87. The molecule has 3 heterocycles. The number of aliphatic hydroxyl groups is 1. The molecule has 2 aromatic heterocycles. The van der Waals surface area contributed by atoms with Gasteiger partial charge in [0.05, 0.1) is 22.2 Å². The average Bonchev–Trinajstić information content (AvgIpc) is 3.26. The Bertz CT molecular complexity index is 1250. The van der Waals surface area contributed by atoms with Crippen LogP contribution in [0.25, 0.3) is 5.76 Å². The highest BCUT2D eigenvalue weighted by molar-refractivity contribution is 9.10. The maximum atomic E-state index is 13.1. The highest BCUT2D eigenvalue weighted by Crippen LogP contribution is 2.44. The zero-order valence-electron chi connectivity index (χ0n) is 16.5. The van der Waals surface area contributed by atoms with Crippen LogP contribution < -0.4 is 4.90 Å².